The van der Waals surface area contributed by atoms with Crippen molar-refractivity contribution in [2.24, 2.45) is 32.5 Å². The monoisotopic (exact) mass is 713 g/mol. The highest BCUT2D eigenvalue weighted by molar-refractivity contribution is 5.34. The van der Waals surface area contributed by atoms with Crippen LogP contribution in [0.1, 0.15) is 129 Å². The van der Waals surface area contributed by atoms with Crippen LogP contribution in [0.25, 0.3) is 0 Å². The fourth-order valence-electron chi connectivity index (χ4n) is 8.39. The van der Waals surface area contributed by atoms with Gasteiger partial charge in [0.1, 0.15) is 0 Å². The number of hydrogen-bond donors (Lipinski definition) is 0. The molecule has 0 aliphatic carbocycles. The van der Waals surface area contributed by atoms with E-state index in [9.17, 15) is 0 Å². The van der Waals surface area contributed by atoms with Gasteiger partial charge in [0.05, 0.1) is 0 Å². The zero-order chi connectivity index (χ0) is 39.7. The van der Waals surface area contributed by atoms with E-state index in [2.05, 4.69) is 79.8 Å². The van der Waals surface area contributed by atoms with Gasteiger partial charge in [-0.25, -0.2) is 4.39 Å². The Hall–Kier alpha value is -2.88. The third-order valence-electron chi connectivity index (χ3n) is 10.7. The van der Waals surface area contributed by atoms with Crippen LogP contribution in [0.2, 0.25) is 0 Å². The van der Waals surface area contributed by atoms with Crippen LogP contribution >= 0.6 is 0 Å². The van der Waals surface area contributed by atoms with Gasteiger partial charge in [0.25, 0.3) is 0 Å². The van der Waals surface area contributed by atoms with Crippen molar-refractivity contribution in [2.45, 2.75) is 141 Å². The van der Waals surface area contributed by atoms with E-state index in [0.29, 0.717) is 12.8 Å². The van der Waals surface area contributed by atoms with Crippen LogP contribution in [0.3, 0.4) is 0 Å². The van der Waals surface area contributed by atoms with Gasteiger partial charge in [-0.1, -0.05) is 149 Å². The molecule has 0 nitrogen and oxygen atoms in total. The number of rotatable bonds is 20. The lowest BCUT2D eigenvalue weighted by molar-refractivity contribution is -0.272. The van der Waals surface area contributed by atoms with Gasteiger partial charge in [0, 0.05) is 38.9 Å². The number of halogens is 4. The molecule has 288 valence electrons. The minimum Gasteiger partial charge on any atom is -0.233 e. The first-order valence-electron chi connectivity index (χ1n) is 18.9. The second-order valence-corrected chi connectivity index (χ2v) is 15.4. The maximum atomic E-state index is 17.1. The van der Waals surface area contributed by atoms with Gasteiger partial charge in [-0.05, 0) is 94.9 Å². The molecule has 0 aliphatic rings. The average molecular weight is 713 g/mol. The van der Waals surface area contributed by atoms with Crippen LogP contribution in [0.15, 0.2) is 122 Å². The third-order valence-corrected chi connectivity index (χ3v) is 10.7. The third kappa shape index (κ3) is 11.1. The summed E-state index contributed by atoms with van der Waals surface area (Å²) in [5.41, 5.74) is -8.79. The molecule has 0 saturated carbocycles. The summed E-state index contributed by atoms with van der Waals surface area (Å²) in [4.78, 5) is 0. The lowest BCUT2D eigenvalue weighted by Gasteiger charge is -2.53. The van der Waals surface area contributed by atoms with Crippen molar-refractivity contribution in [1.29, 1.82) is 0 Å². The van der Waals surface area contributed by atoms with E-state index in [-0.39, 0.29) is 5.41 Å². The van der Waals surface area contributed by atoms with Gasteiger partial charge < -0.3 is 0 Å². The average Bonchev–Trinajstić information content (AvgIpc) is 3.02. The van der Waals surface area contributed by atoms with Crippen LogP contribution in [0.4, 0.5) is 17.6 Å². The molecule has 1 unspecified atom stereocenters. The Kier molecular flexibility index (Phi) is 19.2. The Morgan fingerprint density at radius 1 is 0.333 bits per heavy atom. The van der Waals surface area contributed by atoms with Gasteiger partial charge in [0.2, 0.25) is 5.67 Å². The summed E-state index contributed by atoms with van der Waals surface area (Å²) in [6.45, 7) is 25.9. The van der Waals surface area contributed by atoms with Gasteiger partial charge in [-0.2, -0.15) is 13.2 Å². The van der Waals surface area contributed by atoms with Crippen molar-refractivity contribution in [3.05, 3.63) is 122 Å². The van der Waals surface area contributed by atoms with Crippen molar-refractivity contribution < 1.29 is 17.6 Å². The fraction of sp³-hybridized carbons (Fsp3) is 0.574. The van der Waals surface area contributed by atoms with Gasteiger partial charge in [0.15, 0.2) is 0 Å². The molecule has 0 aromatic rings. The zero-order valence-electron chi connectivity index (χ0n) is 34.6. The van der Waals surface area contributed by atoms with Gasteiger partial charge in [-0.15, -0.1) is 0 Å². The maximum absolute atomic E-state index is 17.1. The normalized spacial score (nSPS) is 21.7. The molecule has 0 heterocycles. The van der Waals surface area contributed by atoms with Crippen LogP contribution in [-0.4, -0.2) is 11.8 Å². The van der Waals surface area contributed by atoms with Crippen LogP contribution in [0.5, 0.6) is 0 Å². The largest absolute Gasteiger partial charge is 0.423 e. The molecule has 0 rings (SSSR count). The van der Waals surface area contributed by atoms with Crippen molar-refractivity contribution in [3.8, 4) is 0 Å². The van der Waals surface area contributed by atoms with Crippen molar-refractivity contribution in [1.82, 2.24) is 0 Å². The van der Waals surface area contributed by atoms with E-state index < -0.39 is 45.3 Å². The predicted molar refractivity (Wildman–Crippen MR) is 218 cm³/mol. The van der Waals surface area contributed by atoms with Crippen LogP contribution in [0, 0.1) is 32.5 Å². The van der Waals surface area contributed by atoms with E-state index in [1.165, 1.54) is 20.8 Å². The number of hydrogen-bond acceptors (Lipinski definition) is 0. The standard InChI is InChI=1S/C47H72F4/c1-15-25-41(14,26-16-2)35-36-42(27-17-3,28-18-4)43(29-19-5,30-20-6)37-38-44(31-21-7,32-22-8)45(33-23-9,34-24-10)39-46(48,40(11,12)13)47(49,50)51/h15-34H,35-39H2,1-14H3. The zero-order valence-corrected chi connectivity index (χ0v) is 34.6. The summed E-state index contributed by atoms with van der Waals surface area (Å²) in [5, 5.41) is 0. The highest BCUT2D eigenvalue weighted by Gasteiger charge is 2.66. The van der Waals surface area contributed by atoms with Gasteiger partial charge in [-0.3, -0.25) is 0 Å². The molecule has 0 aromatic carbocycles. The van der Waals surface area contributed by atoms with Crippen molar-refractivity contribution in [2.75, 3.05) is 0 Å². The minimum absolute atomic E-state index is 0.169. The Bertz CT molecular complexity index is 1250. The summed E-state index contributed by atoms with van der Waals surface area (Å²) in [5.74, 6) is 0. The fourth-order valence-corrected chi connectivity index (χ4v) is 8.39. The highest BCUT2D eigenvalue weighted by atomic mass is 19.4. The number of allylic oxidation sites excluding steroid dienone is 20. The Morgan fingerprint density at radius 2 is 0.569 bits per heavy atom. The molecule has 0 N–H and O–H groups in total. The van der Waals surface area contributed by atoms with E-state index in [0.717, 1.165) is 12.8 Å². The Balaban J connectivity index is 8.35. The van der Waals surface area contributed by atoms with Crippen molar-refractivity contribution >= 4 is 0 Å². The van der Waals surface area contributed by atoms with E-state index in [4.69, 9.17) is 0 Å². The molecule has 1 atom stereocenters. The quantitative estimate of drug-likeness (QED) is 0.0871. The summed E-state index contributed by atoms with van der Waals surface area (Å²) in [6, 6.07) is 0. The van der Waals surface area contributed by atoms with Crippen LogP contribution in [-0.2, 0) is 0 Å². The molecule has 0 saturated heterocycles. The minimum atomic E-state index is -5.09. The highest BCUT2D eigenvalue weighted by Crippen LogP contribution is 2.62. The molecule has 0 amide bonds. The van der Waals surface area contributed by atoms with E-state index in [1.54, 1.807) is 38.2 Å². The molecule has 0 fully saturated rings. The summed E-state index contributed by atoms with van der Waals surface area (Å²) < 4.78 is 62.3. The maximum Gasteiger partial charge on any atom is 0.423 e. The summed E-state index contributed by atoms with van der Waals surface area (Å²) >= 11 is 0. The molecular formula is C47H72F4. The Morgan fingerprint density at radius 3 is 0.804 bits per heavy atom. The summed E-state index contributed by atoms with van der Waals surface area (Å²) in [6.07, 6.45) is 38.1. The molecule has 0 aromatic heterocycles. The molecule has 51 heavy (non-hydrogen) atoms. The van der Waals surface area contributed by atoms with Gasteiger partial charge >= 0.3 is 6.18 Å². The second kappa shape index (κ2) is 20.4. The number of alkyl halides is 4. The smallest absolute Gasteiger partial charge is 0.233 e. The second-order valence-electron chi connectivity index (χ2n) is 15.4. The Labute approximate surface area is 311 Å². The van der Waals surface area contributed by atoms with Crippen LogP contribution < -0.4 is 0 Å². The topological polar surface area (TPSA) is 0 Å². The van der Waals surface area contributed by atoms with Crippen molar-refractivity contribution in [3.63, 3.8) is 0 Å². The molecule has 0 radical (unpaired) electrons. The van der Waals surface area contributed by atoms with E-state index >= 15 is 17.6 Å². The lowest BCUT2D eigenvalue weighted by Crippen LogP contribution is -2.56. The first kappa shape index (κ1) is 48.1. The van der Waals surface area contributed by atoms with E-state index in [1.807, 2.05) is 79.7 Å². The molecule has 0 aliphatic heterocycles. The molecular weight excluding hydrogens is 641 g/mol. The molecule has 0 spiro atoms. The lowest BCUT2D eigenvalue weighted by atomic mass is 9.51. The first-order chi connectivity index (χ1) is 23.7. The SMILES string of the molecule is CC=CC(C)(C=CC)CCC(C=CC)(C=CC)C(C=CC)(C=CC)CCC(C=CC)(C=CC)C(C=CC)(C=CC)CC(F)(C(C)(C)C)C(F)(F)F. The molecule has 0 bridgehead atoms. The summed E-state index contributed by atoms with van der Waals surface area (Å²) in [7, 11) is 0. The molecule has 4 heteroatoms. The first-order valence-corrected chi connectivity index (χ1v) is 18.9. The predicted octanol–water partition coefficient (Wildman–Crippen LogP) is 16.0.